The van der Waals surface area contributed by atoms with Gasteiger partial charge < -0.3 is 23.4 Å². The minimum Gasteiger partial charge on any atom is -0.469 e. The van der Waals surface area contributed by atoms with Crippen molar-refractivity contribution in [1.29, 1.82) is 0 Å². The molecule has 0 radical (unpaired) electrons. The van der Waals surface area contributed by atoms with Gasteiger partial charge in [-0.05, 0) is 55.5 Å². The SMILES string of the molecule is COC(=O)[C@H]1CC[C@H](OC[C@@H]2C[C@H](F)CN2C(=O)Cc2ccc3nc(-c4cccn4C)oc3c2)CC1. The van der Waals surface area contributed by atoms with E-state index in [4.69, 9.17) is 13.9 Å². The second-order valence-electron chi connectivity index (χ2n) is 9.87. The fraction of sp³-hybridized carbons (Fsp3) is 0.519. The number of aryl methyl sites for hydroxylation is 1. The van der Waals surface area contributed by atoms with Crippen molar-refractivity contribution in [3.8, 4) is 11.6 Å². The highest BCUT2D eigenvalue weighted by Gasteiger charge is 2.36. The van der Waals surface area contributed by atoms with Crippen molar-refractivity contribution in [2.75, 3.05) is 20.3 Å². The van der Waals surface area contributed by atoms with Crippen LogP contribution in [0.3, 0.4) is 0 Å². The first-order valence-corrected chi connectivity index (χ1v) is 12.6. The molecule has 1 aliphatic heterocycles. The van der Waals surface area contributed by atoms with Gasteiger partial charge in [-0.3, -0.25) is 9.59 Å². The molecular formula is C27H32FN3O5. The van der Waals surface area contributed by atoms with Crippen LogP contribution < -0.4 is 0 Å². The summed E-state index contributed by atoms with van der Waals surface area (Å²) in [5.41, 5.74) is 3.01. The largest absolute Gasteiger partial charge is 0.469 e. The van der Waals surface area contributed by atoms with Crippen molar-refractivity contribution in [3.05, 3.63) is 42.1 Å². The van der Waals surface area contributed by atoms with Gasteiger partial charge in [-0.25, -0.2) is 9.37 Å². The Bertz CT molecular complexity index is 1230. The molecular weight excluding hydrogens is 465 g/mol. The first-order chi connectivity index (χ1) is 17.4. The predicted octanol–water partition coefficient (Wildman–Crippen LogP) is 4.06. The highest BCUT2D eigenvalue weighted by atomic mass is 19.1. The third kappa shape index (κ3) is 5.16. The summed E-state index contributed by atoms with van der Waals surface area (Å²) >= 11 is 0. The summed E-state index contributed by atoms with van der Waals surface area (Å²) in [6.07, 6.45) is 4.32. The summed E-state index contributed by atoms with van der Waals surface area (Å²) in [5.74, 6) is 0.166. The van der Waals surface area contributed by atoms with Crippen LogP contribution in [-0.2, 0) is 32.5 Å². The summed E-state index contributed by atoms with van der Waals surface area (Å²) in [5, 5.41) is 0. The van der Waals surface area contributed by atoms with E-state index in [0.29, 0.717) is 18.1 Å². The number of amides is 1. The zero-order valence-corrected chi connectivity index (χ0v) is 20.7. The molecule has 36 heavy (non-hydrogen) atoms. The standard InChI is InChI=1S/C27H32FN3O5/c1-30-11-3-4-23(30)26-29-22-10-5-17(12-24(22)36-26)13-25(32)31-15-19(28)14-20(31)16-35-21-8-6-18(7-9-21)27(33)34-2/h3-5,10-12,18-21H,6-9,13-16H2,1-2H3/t18-,19-,20-,21-/m0/s1. The maximum atomic E-state index is 14.3. The zero-order valence-electron chi connectivity index (χ0n) is 20.7. The minimum absolute atomic E-state index is 0.0220. The normalized spacial score (nSPS) is 24.4. The maximum Gasteiger partial charge on any atom is 0.308 e. The Balaban J connectivity index is 1.19. The lowest BCUT2D eigenvalue weighted by Gasteiger charge is -2.30. The van der Waals surface area contributed by atoms with Crippen molar-refractivity contribution in [3.63, 3.8) is 0 Å². The number of ether oxygens (including phenoxy) is 2. The number of alkyl halides is 1. The van der Waals surface area contributed by atoms with E-state index in [9.17, 15) is 14.0 Å². The van der Waals surface area contributed by atoms with Gasteiger partial charge in [0.25, 0.3) is 0 Å². The molecule has 1 saturated carbocycles. The molecule has 3 aromatic rings. The molecule has 2 aromatic heterocycles. The second-order valence-corrected chi connectivity index (χ2v) is 9.87. The van der Waals surface area contributed by atoms with E-state index in [0.717, 1.165) is 42.5 Å². The molecule has 0 unspecified atom stereocenters. The van der Waals surface area contributed by atoms with Crippen molar-refractivity contribution < 1.29 is 27.9 Å². The Labute approximate surface area is 209 Å². The summed E-state index contributed by atoms with van der Waals surface area (Å²) in [4.78, 5) is 31.0. The van der Waals surface area contributed by atoms with Crippen LogP contribution in [0.5, 0.6) is 0 Å². The number of carbonyl (C=O) groups excluding carboxylic acids is 2. The molecule has 2 atom stereocenters. The Morgan fingerprint density at radius 2 is 2.00 bits per heavy atom. The van der Waals surface area contributed by atoms with Crippen LogP contribution in [0.2, 0.25) is 0 Å². The highest BCUT2D eigenvalue weighted by molar-refractivity contribution is 5.82. The lowest BCUT2D eigenvalue weighted by molar-refractivity contribution is -0.148. The third-order valence-electron chi connectivity index (χ3n) is 7.39. The number of methoxy groups -OCH3 is 1. The molecule has 9 heteroatoms. The molecule has 3 heterocycles. The number of aromatic nitrogens is 2. The van der Waals surface area contributed by atoms with E-state index in [1.165, 1.54) is 7.11 Å². The predicted molar refractivity (Wildman–Crippen MR) is 131 cm³/mol. The Morgan fingerprint density at radius 3 is 2.72 bits per heavy atom. The number of fused-ring (bicyclic) bond motifs is 1. The van der Waals surface area contributed by atoms with Gasteiger partial charge in [-0.2, -0.15) is 0 Å². The molecule has 0 N–H and O–H groups in total. The molecule has 192 valence electrons. The van der Waals surface area contributed by atoms with Crippen LogP contribution in [-0.4, -0.2) is 64.9 Å². The number of hydrogen-bond donors (Lipinski definition) is 0. The Kier molecular flexibility index (Phi) is 7.09. The van der Waals surface area contributed by atoms with E-state index in [2.05, 4.69) is 4.98 Å². The molecule has 0 spiro atoms. The zero-order chi connectivity index (χ0) is 25.2. The molecule has 2 aliphatic rings. The number of esters is 1. The topological polar surface area (TPSA) is 86.8 Å². The summed E-state index contributed by atoms with van der Waals surface area (Å²) < 4.78 is 33.1. The van der Waals surface area contributed by atoms with Crippen LogP contribution >= 0.6 is 0 Å². The smallest absolute Gasteiger partial charge is 0.308 e. The lowest BCUT2D eigenvalue weighted by atomic mass is 9.87. The van der Waals surface area contributed by atoms with Crippen LogP contribution in [0, 0.1) is 5.92 Å². The molecule has 8 nitrogen and oxygen atoms in total. The molecule has 1 amide bonds. The molecule has 2 fully saturated rings. The lowest BCUT2D eigenvalue weighted by Crippen LogP contribution is -2.40. The van der Waals surface area contributed by atoms with Crippen molar-refractivity contribution in [2.24, 2.45) is 13.0 Å². The van der Waals surface area contributed by atoms with Gasteiger partial charge in [0.15, 0.2) is 5.58 Å². The second kappa shape index (κ2) is 10.4. The summed E-state index contributed by atoms with van der Waals surface area (Å²) in [6.45, 7) is 0.394. The number of rotatable bonds is 7. The Hall–Kier alpha value is -3.20. The van der Waals surface area contributed by atoms with E-state index < -0.39 is 6.17 Å². The number of halogens is 1. The quantitative estimate of drug-likeness (QED) is 0.458. The van der Waals surface area contributed by atoms with Gasteiger partial charge in [0.05, 0.1) is 44.7 Å². The van der Waals surface area contributed by atoms with E-state index in [1.54, 1.807) is 4.90 Å². The van der Waals surface area contributed by atoms with Crippen LogP contribution in [0.15, 0.2) is 40.9 Å². The van der Waals surface area contributed by atoms with Gasteiger partial charge in [0.2, 0.25) is 11.8 Å². The van der Waals surface area contributed by atoms with Crippen molar-refractivity contribution >= 4 is 23.0 Å². The van der Waals surface area contributed by atoms with Crippen LogP contribution in [0.4, 0.5) is 4.39 Å². The molecule has 0 bridgehead atoms. The average Bonchev–Trinajstić information content (AvgIpc) is 3.59. The average molecular weight is 498 g/mol. The molecule has 1 aliphatic carbocycles. The minimum atomic E-state index is -1.05. The van der Waals surface area contributed by atoms with Crippen molar-refractivity contribution in [1.82, 2.24) is 14.5 Å². The van der Waals surface area contributed by atoms with Gasteiger partial charge in [-0.1, -0.05) is 6.07 Å². The Morgan fingerprint density at radius 1 is 1.19 bits per heavy atom. The van der Waals surface area contributed by atoms with Crippen LogP contribution in [0.25, 0.3) is 22.7 Å². The number of oxazole rings is 1. The summed E-state index contributed by atoms with van der Waals surface area (Å²) in [7, 11) is 3.34. The fourth-order valence-electron chi connectivity index (χ4n) is 5.35. The monoisotopic (exact) mass is 497 g/mol. The number of likely N-dealkylation sites (tertiary alicyclic amines) is 1. The van der Waals surface area contributed by atoms with Crippen molar-refractivity contribution in [2.45, 2.75) is 56.8 Å². The maximum absolute atomic E-state index is 14.3. The number of benzene rings is 1. The van der Waals surface area contributed by atoms with Gasteiger partial charge in [0.1, 0.15) is 17.4 Å². The van der Waals surface area contributed by atoms with E-state index in [-0.39, 0.29) is 49.3 Å². The van der Waals surface area contributed by atoms with E-state index >= 15 is 0 Å². The first-order valence-electron chi connectivity index (χ1n) is 12.6. The number of carbonyl (C=O) groups is 2. The van der Waals surface area contributed by atoms with Gasteiger partial charge in [0, 0.05) is 19.7 Å². The fourth-order valence-corrected chi connectivity index (χ4v) is 5.35. The highest BCUT2D eigenvalue weighted by Crippen LogP contribution is 2.29. The molecule has 5 rings (SSSR count). The third-order valence-corrected chi connectivity index (χ3v) is 7.39. The molecule has 1 aromatic carbocycles. The van der Waals surface area contributed by atoms with Gasteiger partial charge in [-0.15, -0.1) is 0 Å². The van der Waals surface area contributed by atoms with E-state index in [1.807, 2.05) is 48.1 Å². The molecule has 1 saturated heterocycles. The first kappa shape index (κ1) is 24.5. The number of hydrogen-bond acceptors (Lipinski definition) is 6. The number of nitrogens with zero attached hydrogens (tertiary/aromatic N) is 3. The summed E-state index contributed by atoms with van der Waals surface area (Å²) in [6, 6.07) is 9.12. The van der Waals surface area contributed by atoms with Crippen LogP contribution in [0.1, 0.15) is 37.7 Å². The van der Waals surface area contributed by atoms with Gasteiger partial charge >= 0.3 is 5.97 Å².